The van der Waals surface area contributed by atoms with Crippen molar-refractivity contribution in [2.24, 2.45) is 0 Å². The topological polar surface area (TPSA) is 90.4 Å². The highest BCUT2D eigenvalue weighted by atomic mass is 19.2. The first kappa shape index (κ1) is 18.0. The fraction of sp³-hybridized carbons (Fsp3) is 0.353. The van der Waals surface area contributed by atoms with Gasteiger partial charge in [-0.05, 0) is 19.1 Å². The number of H-pyrrole nitrogens is 1. The molecule has 1 aliphatic heterocycles. The molecular formula is C17H16F2N2O5. The van der Waals surface area contributed by atoms with Crippen molar-refractivity contribution >= 4 is 5.97 Å². The van der Waals surface area contributed by atoms with Gasteiger partial charge < -0.3 is 9.47 Å². The number of hydrogen-bond acceptors (Lipinski definition) is 5. The number of aromatic amines is 1. The van der Waals surface area contributed by atoms with Gasteiger partial charge in [0.15, 0.2) is 18.6 Å². The largest absolute Gasteiger partial charge is 0.459 e. The lowest BCUT2D eigenvalue weighted by Gasteiger charge is -2.16. The number of ether oxygens (including phenoxy) is 2. The van der Waals surface area contributed by atoms with Crippen molar-refractivity contribution in [3.63, 3.8) is 0 Å². The molecule has 1 fully saturated rings. The first-order valence-electron chi connectivity index (χ1n) is 7.86. The third-order valence-electron chi connectivity index (χ3n) is 4.05. The van der Waals surface area contributed by atoms with Crippen LogP contribution in [0.4, 0.5) is 8.78 Å². The van der Waals surface area contributed by atoms with Crippen LogP contribution in [0.2, 0.25) is 0 Å². The Morgan fingerprint density at radius 1 is 1.23 bits per heavy atom. The standard InChI is InChI=1S/C17H16F2N2O5/c1-9-7-21(17(24)20-14(9)22)15-13(19)12(18)11(26-15)8-25-16(23)10-5-3-2-4-6-10/h2-7,11-13,15H,8H2,1H3,(H,20,22,24)/t11-,12-,13+,15-/m1/s1. The average Bonchev–Trinajstić information content (AvgIpc) is 2.91. The van der Waals surface area contributed by atoms with E-state index in [2.05, 4.69) is 0 Å². The van der Waals surface area contributed by atoms with Gasteiger partial charge in [0.25, 0.3) is 5.56 Å². The predicted octanol–water partition coefficient (Wildman–Crippen LogP) is 1.28. The molecule has 4 atom stereocenters. The maximum absolute atomic E-state index is 14.3. The summed E-state index contributed by atoms with van der Waals surface area (Å²) in [6.07, 6.45) is -6.08. The number of alkyl halides is 2. The second-order valence-electron chi connectivity index (χ2n) is 5.90. The maximum Gasteiger partial charge on any atom is 0.338 e. The molecule has 0 radical (unpaired) electrons. The number of aromatic nitrogens is 2. The number of rotatable bonds is 4. The van der Waals surface area contributed by atoms with Crippen molar-refractivity contribution in [2.45, 2.75) is 31.6 Å². The summed E-state index contributed by atoms with van der Waals surface area (Å²) < 4.78 is 39.5. The molecule has 138 valence electrons. The first-order chi connectivity index (χ1) is 12.4. The Morgan fingerprint density at radius 2 is 1.92 bits per heavy atom. The lowest BCUT2D eigenvalue weighted by Crippen LogP contribution is -2.36. The van der Waals surface area contributed by atoms with Crippen LogP contribution in [0.25, 0.3) is 0 Å². The number of nitrogens with zero attached hydrogens (tertiary/aromatic N) is 1. The minimum absolute atomic E-state index is 0.148. The molecular weight excluding hydrogens is 350 g/mol. The van der Waals surface area contributed by atoms with Gasteiger partial charge in [0, 0.05) is 11.8 Å². The lowest BCUT2D eigenvalue weighted by atomic mass is 10.2. The molecule has 1 saturated heterocycles. The van der Waals surface area contributed by atoms with E-state index in [1.807, 2.05) is 4.98 Å². The molecule has 1 aromatic heterocycles. The van der Waals surface area contributed by atoms with Crippen molar-refractivity contribution in [2.75, 3.05) is 6.61 Å². The maximum atomic E-state index is 14.3. The molecule has 2 heterocycles. The number of halogens is 2. The number of hydrogen-bond donors (Lipinski definition) is 1. The smallest absolute Gasteiger partial charge is 0.338 e. The number of nitrogens with one attached hydrogen (secondary N) is 1. The van der Waals surface area contributed by atoms with E-state index in [0.717, 1.165) is 10.8 Å². The Bertz CT molecular complexity index is 911. The predicted molar refractivity (Wildman–Crippen MR) is 86.5 cm³/mol. The molecule has 3 rings (SSSR count). The van der Waals surface area contributed by atoms with Gasteiger partial charge in [-0.3, -0.25) is 14.3 Å². The van der Waals surface area contributed by atoms with E-state index in [0.29, 0.717) is 0 Å². The zero-order valence-electron chi connectivity index (χ0n) is 13.7. The van der Waals surface area contributed by atoms with Crippen LogP contribution in [-0.4, -0.2) is 40.6 Å². The molecule has 2 aromatic rings. The molecule has 7 nitrogen and oxygen atoms in total. The summed E-state index contributed by atoms with van der Waals surface area (Å²) in [6.45, 7) is 0.909. The van der Waals surface area contributed by atoms with Crippen LogP contribution in [0, 0.1) is 6.92 Å². The van der Waals surface area contributed by atoms with E-state index in [4.69, 9.17) is 9.47 Å². The van der Waals surface area contributed by atoms with Gasteiger partial charge in [-0.25, -0.2) is 18.4 Å². The first-order valence-corrected chi connectivity index (χ1v) is 7.86. The van der Waals surface area contributed by atoms with Crippen LogP contribution in [0.3, 0.4) is 0 Å². The van der Waals surface area contributed by atoms with Crippen molar-refractivity contribution in [3.8, 4) is 0 Å². The Hall–Kier alpha value is -2.81. The van der Waals surface area contributed by atoms with Crippen molar-refractivity contribution in [1.82, 2.24) is 9.55 Å². The zero-order chi connectivity index (χ0) is 18.8. The monoisotopic (exact) mass is 366 g/mol. The highest BCUT2D eigenvalue weighted by Gasteiger charge is 2.47. The number of carbonyl (C=O) groups is 1. The molecule has 0 bridgehead atoms. The molecule has 1 aromatic carbocycles. The molecule has 0 unspecified atom stereocenters. The van der Waals surface area contributed by atoms with E-state index in [1.54, 1.807) is 18.2 Å². The summed E-state index contributed by atoms with van der Waals surface area (Å²) in [5, 5.41) is 0. The van der Waals surface area contributed by atoms with Crippen molar-refractivity contribution in [3.05, 3.63) is 68.5 Å². The Balaban J connectivity index is 1.72. The van der Waals surface area contributed by atoms with Gasteiger partial charge >= 0.3 is 11.7 Å². The number of benzene rings is 1. The second-order valence-corrected chi connectivity index (χ2v) is 5.90. The van der Waals surface area contributed by atoms with Crippen LogP contribution in [0.15, 0.2) is 46.1 Å². The normalized spacial score (nSPS) is 25.2. The van der Waals surface area contributed by atoms with E-state index in [-0.39, 0.29) is 11.1 Å². The summed E-state index contributed by atoms with van der Waals surface area (Å²) in [5.41, 5.74) is -1.12. The molecule has 1 aliphatic rings. The minimum Gasteiger partial charge on any atom is -0.459 e. The number of carbonyl (C=O) groups excluding carboxylic acids is 1. The zero-order valence-corrected chi connectivity index (χ0v) is 13.7. The Labute approximate surface area is 146 Å². The third-order valence-corrected chi connectivity index (χ3v) is 4.05. The van der Waals surface area contributed by atoms with E-state index < -0.39 is 48.5 Å². The van der Waals surface area contributed by atoms with Gasteiger partial charge in [0.05, 0.1) is 5.56 Å². The second kappa shape index (κ2) is 7.20. The highest BCUT2D eigenvalue weighted by molar-refractivity contribution is 5.89. The summed E-state index contributed by atoms with van der Waals surface area (Å²) in [4.78, 5) is 37.1. The molecule has 0 aliphatic carbocycles. The minimum atomic E-state index is -2.15. The Morgan fingerprint density at radius 3 is 2.62 bits per heavy atom. The van der Waals surface area contributed by atoms with Crippen LogP contribution < -0.4 is 11.2 Å². The van der Waals surface area contributed by atoms with Crippen LogP contribution in [0.5, 0.6) is 0 Å². The fourth-order valence-corrected chi connectivity index (χ4v) is 2.63. The van der Waals surface area contributed by atoms with Gasteiger partial charge in [-0.2, -0.15) is 0 Å². The summed E-state index contributed by atoms with van der Waals surface area (Å²) in [6, 6.07) is 8.04. The summed E-state index contributed by atoms with van der Waals surface area (Å²) >= 11 is 0. The molecule has 0 amide bonds. The van der Waals surface area contributed by atoms with Crippen molar-refractivity contribution in [1.29, 1.82) is 0 Å². The number of esters is 1. The molecule has 0 spiro atoms. The van der Waals surface area contributed by atoms with E-state index in [9.17, 15) is 23.2 Å². The Kier molecular flexibility index (Phi) is 4.99. The molecule has 1 N–H and O–H groups in total. The average molecular weight is 366 g/mol. The van der Waals surface area contributed by atoms with Crippen molar-refractivity contribution < 1.29 is 23.0 Å². The quantitative estimate of drug-likeness (QED) is 0.823. The van der Waals surface area contributed by atoms with E-state index >= 15 is 0 Å². The SMILES string of the molecule is Cc1cn([C@@H]2O[C@H](COC(=O)c3ccccc3)[C@@H](F)[C@@H]2F)c(=O)[nH]c1=O. The van der Waals surface area contributed by atoms with Gasteiger partial charge in [0.2, 0.25) is 0 Å². The van der Waals surface area contributed by atoms with Crippen LogP contribution in [0.1, 0.15) is 22.1 Å². The van der Waals surface area contributed by atoms with E-state index in [1.165, 1.54) is 19.1 Å². The third kappa shape index (κ3) is 3.43. The summed E-state index contributed by atoms with van der Waals surface area (Å²) in [5.74, 6) is -0.697. The van der Waals surface area contributed by atoms with Gasteiger partial charge in [-0.15, -0.1) is 0 Å². The number of aryl methyl sites for hydroxylation is 1. The van der Waals surface area contributed by atoms with Gasteiger partial charge in [0.1, 0.15) is 12.7 Å². The fourth-order valence-electron chi connectivity index (χ4n) is 2.63. The molecule has 9 heteroatoms. The lowest BCUT2D eigenvalue weighted by molar-refractivity contribution is -0.0502. The van der Waals surface area contributed by atoms with Crippen LogP contribution >= 0.6 is 0 Å². The summed E-state index contributed by atoms with van der Waals surface area (Å²) in [7, 11) is 0. The van der Waals surface area contributed by atoms with Gasteiger partial charge in [-0.1, -0.05) is 18.2 Å². The van der Waals surface area contributed by atoms with Crippen LogP contribution in [-0.2, 0) is 9.47 Å². The highest BCUT2D eigenvalue weighted by Crippen LogP contribution is 2.33. The molecule has 0 saturated carbocycles. The molecule has 26 heavy (non-hydrogen) atoms.